The lowest BCUT2D eigenvalue weighted by Crippen LogP contribution is -2.41. The Morgan fingerprint density at radius 1 is 0.967 bits per heavy atom. The van der Waals surface area contributed by atoms with Crippen molar-refractivity contribution in [3.05, 3.63) is 100 Å². The summed E-state index contributed by atoms with van der Waals surface area (Å²) in [7, 11) is 0. The van der Waals surface area contributed by atoms with E-state index in [2.05, 4.69) is 0 Å². The predicted octanol–water partition coefficient (Wildman–Crippen LogP) is 4.91. The minimum atomic E-state index is -1.89. The Morgan fingerprint density at radius 2 is 1.60 bits per heavy atom. The van der Waals surface area contributed by atoms with E-state index in [0.29, 0.717) is 21.8 Å². The van der Waals surface area contributed by atoms with Crippen LogP contribution in [0.2, 0.25) is 5.02 Å². The zero-order valence-electron chi connectivity index (χ0n) is 16.6. The van der Waals surface area contributed by atoms with Crippen molar-refractivity contribution in [2.45, 2.75) is 31.9 Å². The van der Waals surface area contributed by atoms with Crippen LogP contribution in [0.15, 0.2) is 72.8 Å². The van der Waals surface area contributed by atoms with Gasteiger partial charge in [0.15, 0.2) is 11.4 Å². The molecule has 1 aliphatic rings. The van der Waals surface area contributed by atoms with Gasteiger partial charge in [-0.2, -0.15) is 0 Å². The normalized spacial score (nSPS) is 17.8. The van der Waals surface area contributed by atoms with E-state index < -0.39 is 11.5 Å². The molecular formula is C25H22ClNO3. The van der Waals surface area contributed by atoms with Crippen molar-refractivity contribution in [1.29, 1.82) is 0 Å². The van der Waals surface area contributed by atoms with Crippen LogP contribution in [-0.4, -0.2) is 16.8 Å². The molecule has 1 N–H and O–H groups in total. The van der Waals surface area contributed by atoms with Gasteiger partial charge in [0.25, 0.3) is 5.91 Å². The first-order chi connectivity index (χ1) is 14.4. The van der Waals surface area contributed by atoms with Gasteiger partial charge >= 0.3 is 0 Å². The van der Waals surface area contributed by atoms with E-state index in [9.17, 15) is 14.7 Å². The molecule has 4 rings (SSSR count). The smallest absolute Gasteiger partial charge is 0.264 e. The van der Waals surface area contributed by atoms with E-state index in [1.807, 2.05) is 37.3 Å². The summed E-state index contributed by atoms with van der Waals surface area (Å²) in [6.07, 6.45) is 0.579. The maximum atomic E-state index is 13.3. The number of rotatable bonds is 6. The third-order valence-corrected chi connectivity index (χ3v) is 5.85. The van der Waals surface area contributed by atoms with E-state index in [1.165, 1.54) is 4.90 Å². The van der Waals surface area contributed by atoms with Crippen LogP contribution in [0.5, 0.6) is 0 Å². The molecule has 3 aromatic carbocycles. The van der Waals surface area contributed by atoms with Crippen LogP contribution in [0.3, 0.4) is 0 Å². The number of aryl methyl sites for hydroxylation is 1. The van der Waals surface area contributed by atoms with Gasteiger partial charge < -0.3 is 10.0 Å². The summed E-state index contributed by atoms with van der Waals surface area (Å²) < 4.78 is 0. The third-order valence-electron chi connectivity index (χ3n) is 5.59. The van der Waals surface area contributed by atoms with Crippen LogP contribution in [0, 0.1) is 0 Å². The molecule has 152 valence electrons. The number of aliphatic hydroxyl groups is 1. The average Bonchev–Trinajstić information content (AvgIpc) is 2.97. The number of Topliss-reactive ketones (excluding diaryl/α,β-unsaturated/α-hetero) is 1. The lowest BCUT2D eigenvalue weighted by molar-refractivity contribution is -0.136. The second-order valence-corrected chi connectivity index (χ2v) is 7.98. The maximum absolute atomic E-state index is 13.3. The molecule has 1 amide bonds. The molecule has 0 aliphatic carbocycles. The Hall–Kier alpha value is -2.95. The van der Waals surface area contributed by atoms with Crippen LogP contribution >= 0.6 is 11.6 Å². The van der Waals surface area contributed by atoms with E-state index in [1.54, 1.807) is 42.5 Å². The van der Waals surface area contributed by atoms with Gasteiger partial charge in [-0.05, 0) is 35.7 Å². The Bertz CT molecular complexity index is 1090. The first-order valence-corrected chi connectivity index (χ1v) is 10.3. The number of amides is 1. The summed E-state index contributed by atoms with van der Waals surface area (Å²) in [4.78, 5) is 27.8. The molecule has 1 aliphatic heterocycles. The fourth-order valence-electron chi connectivity index (χ4n) is 3.87. The fourth-order valence-corrected chi connectivity index (χ4v) is 3.99. The van der Waals surface area contributed by atoms with Gasteiger partial charge in [-0.1, -0.05) is 73.1 Å². The Kier molecular flexibility index (Phi) is 5.46. The van der Waals surface area contributed by atoms with Crippen molar-refractivity contribution >= 4 is 29.0 Å². The molecule has 1 atom stereocenters. The number of fused-ring (bicyclic) bond motifs is 1. The average molecular weight is 420 g/mol. The van der Waals surface area contributed by atoms with Crippen LogP contribution in [0.1, 0.15) is 40.4 Å². The molecule has 4 nitrogen and oxygen atoms in total. The summed E-state index contributed by atoms with van der Waals surface area (Å²) in [5, 5.41) is 12.0. The lowest BCUT2D eigenvalue weighted by atomic mass is 9.88. The quantitative estimate of drug-likeness (QED) is 0.577. The summed E-state index contributed by atoms with van der Waals surface area (Å²) in [5.41, 5.74) is 1.69. The second-order valence-electron chi connectivity index (χ2n) is 7.55. The zero-order chi connectivity index (χ0) is 21.3. The van der Waals surface area contributed by atoms with Crippen molar-refractivity contribution in [2.75, 3.05) is 4.90 Å². The van der Waals surface area contributed by atoms with Gasteiger partial charge in [0.2, 0.25) is 0 Å². The van der Waals surface area contributed by atoms with Crippen molar-refractivity contribution in [1.82, 2.24) is 0 Å². The summed E-state index contributed by atoms with van der Waals surface area (Å²) >= 11 is 5.96. The molecule has 3 aromatic rings. The Labute approximate surface area is 180 Å². The number of carbonyl (C=O) groups excluding carboxylic acids is 2. The molecule has 0 fully saturated rings. The van der Waals surface area contributed by atoms with Crippen molar-refractivity contribution in [3.8, 4) is 0 Å². The van der Waals surface area contributed by atoms with Gasteiger partial charge in [0.1, 0.15) is 0 Å². The van der Waals surface area contributed by atoms with Gasteiger partial charge in [-0.25, -0.2) is 0 Å². The molecule has 0 saturated carbocycles. The SMILES string of the molecule is CCc1ccc(C(=O)CC2(O)C(=O)N(Cc3ccc(Cl)cc3)c3ccccc32)cc1. The Morgan fingerprint density at radius 3 is 2.27 bits per heavy atom. The third kappa shape index (κ3) is 3.64. The molecule has 0 radical (unpaired) electrons. The lowest BCUT2D eigenvalue weighted by Gasteiger charge is -2.23. The maximum Gasteiger partial charge on any atom is 0.264 e. The van der Waals surface area contributed by atoms with Crippen LogP contribution in [-0.2, 0) is 23.4 Å². The molecule has 1 unspecified atom stereocenters. The van der Waals surface area contributed by atoms with Crippen LogP contribution in [0.25, 0.3) is 0 Å². The first kappa shape index (κ1) is 20.3. The van der Waals surface area contributed by atoms with Crippen LogP contribution < -0.4 is 4.90 Å². The predicted molar refractivity (Wildman–Crippen MR) is 118 cm³/mol. The number of para-hydroxylation sites is 1. The first-order valence-electron chi connectivity index (χ1n) is 9.93. The highest BCUT2D eigenvalue weighted by atomic mass is 35.5. The molecule has 1 heterocycles. The zero-order valence-corrected chi connectivity index (χ0v) is 17.4. The number of ketones is 1. The van der Waals surface area contributed by atoms with Gasteiger partial charge in [0, 0.05) is 16.1 Å². The number of benzene rings is 3. The van der Waals surface area contributed by atoms with Gasteiger partial charge in [0.05, 0.1) is 18.7 Å². The van der Waals surface area contributed by atoms with Crippen LogP contribution in [0.4, 0.5) is 5.69 Å². The molecule has 0 spiro atoms. The van der Waals surface area contributed by atoms with Gasteiger partial charge in [-0.15, -0.1) is 0 Å². The van der Waals surface area contributed by atoms with E-state index in [-0.39, 0.29) is 18.7 Å². The summed E-state index contributed by atoms with van der Waals surface area (Å²) in [6, 6.07) is 21.6. The molecule has 0 aromatic heterocycles. The molecule has 0 bridgehead atoms. The monoisotopic (exact) mass is 419 g/mol. The number of hydrogen-bond donors (Lipinski definition) is 1. The topological polar surface area (TPSA) is 57.6 Å². The van der Waals surface area contributed by atoms with Gasteiger partial charge in [-0.3, -0.25) is 9.59 Å². The summed E-state index contributed by atoms with van der Waals surface area (Å²) in [6.45, 7) is 2.33. The van der Waals surface area contributed by atoms with E-state index in [0.717, 1.165) is 17.5 Å². The number of hydrogen-bond acceptors (Lipinski definition) is 3. The summed E-state index contributed by atoms with van der Waals surface area (Å²) in [5.74, 6) is -0.756. The highest BCUT2D eigenvalue weighted by Crippen LogP contribution is 2.43. The van der Waals surface area contributed by atoms with E-state index in [4.69, 9.17) is 11.6 Å². The van der Waals surface area contributed by atoms with Crippen molar-refractivity contribution < 1.29 is 14.7 Å². The number of anilines is 1. The molecule has 30 heavy (non-hydrogen) atoms. The minimum absolute atomic E-state index is 0.267. The van der Waals surface area contributed by atoms with E-state index >= 15 is 0 Å². The minimum Gasteiger partial charge on any atom is -0.375 e. The highest BCUT2D eigenvalue weighted by Gasteiger charge is 2.50. The fraction of sp³-hybridized carbons (Fsp3) is 0.200. The molecule has 0 saturated heterocycles. The number of nitrogens with zero attached hydrogens (tertiary/aromatic N) is 1. The number of halogens is 1. The van der Waals surface area contributed by atoms with Crippen molar-refractivity contribution in [3.63, 3.8) is 0 Å². The molecule has 5 heteroatoms. The highest BCUT2D eigenvalue weighted by molar-refractivity contribution is 6.30. The van der Waals surface area contributed by atoms with Crippen molar-refractivity contribution in [2.24, 2.45) is 0 Å². The number of carbonyl (C=O) groups is 2. The Balaban J connectivity index is 1.64. The standard InChI is InChI=1S/C25H22ClNO3/c1-2-17-7-11-19(12-8-17)23(28)15-25(30)21-5-3-4-6-22(21)27(24(25)29)16-18-9-13-20(26)14-10-18/h3-14,30H,2,15-16H2,1H3. The largest absolute Gasteiger partial charge is 0.375 e. The molecular weight excluding hydrogens is 398 g/mol. The second kappa shape index (κ2) is 8.05.